The van der Waals surface area contributed by atoms with E-state index in [-0.39, 0.29) is 17.9 Å². The van der Waals surface area contributed by atoms with Crippen LogP contribution in [0.1, 0.15) is 30.6 Å². The molecule has 1 fully saturated rings. The lowest BCUT2D eigenvalue weighted by atomic mass is 10.1. The lowest BCUT2D eigenvalue weighted by Gasteiger charge is -2.24. The Morgan fingerprint density at radius 2 is 2.27 bits per heavy atom. The second-order valence-corrected chi connectivity index (χ2v) is 6.34. The highest BCUT2D eigenvalue weighted by molar-refractivity contribution is 7.99. The van der Waals surface area contributed by atoms with E-state index in [1.54, 1.807) is 48.0 Å². The van der Waals surface area contributed by atoms with E-state index in [0.717, 1.165) is 6.42 Å². The number of nitrogens with zero attached hydrogens (tertiary/aromatic N) is 1. The summed E-state index contributed by atoms with van der Waals surface area (Å²) in [7, 11) is 1.57. The molecule has 0 unspecified atom stereocenters. The molecule has 0 saturated carbocycles. The number of methoxy groups -OCH3 is 1. The third kappa shape index (κ3) is 3.74. The van der Waals surface area contributed by atoms with Crippen LogP contribution in [0.25, 0.3) is 0 Å². The molecule has 1 aromatic carbocycles. The molecule has 2 amide bonds. The molecule has 0 radical (unpaired) electrons. The Labute approximate surface area is 135 Å². The highest BCUT2D eigenvalue weighted by Crippen LogP contribution is 2.24. The first-order valence-electron chi connectivity index (χ1n) is 7.40. The van der Waals surface area contributed by atoms with Crippen LogP contribution in [0.15, 0.2) is 24.3 Å². The van der Waals surface area contributed by atoms with Crippen LogP contribution in [0.2, 0.25) is 0 Å². The van der Waals surface area contributed by atoms with Crippen LogP contribution in [0.4, 0.5) is 0 Å². The van der Waals surface area contributed by atoms with Crippen molar-refractivity contribution in [3.8, 4) is 5.75 Å². The van der Waals surface area contributed by atoms with Crippen LogP contribution in [0.3, 0.4) is 0 Å². The molecule has 1 aromatic rings. The van der Waals surface area contributed by atoms with Crippen molar-refractivity contribution in [1.82, 2.24) is 10.2 Å². The molecule has 0 aliphatic carbocycles. The molecule has 1 aliphatic heterocycles. The number of rotatable bonds is 5. The van der Waals surface area contributed by atoms with E-state index < -0.39 is 6.04 Å². The number of ether oxygens (including phenoxy) is 1. The van der Waals surface area contributed by atoms with Crippen molar-refractivity contribution >= 4 is 23.6 Å². The zero-order valence-corrected chi connectivity index (χ0v) is 14.0. The smallest absolute Gasteiger partial charge is 0.255 e. The van der Waals surface area contributed by atoms with Gasteiger partial charge in [-0.2, -0.15) is 0 Å². The van der Waals surface area contributed by atoms with Crippen LogP contribution >= 0.6 is 11.8 Å². The molecule has 120 valence electrons. The Bertz CT molecular complexity index is 550. The van der Waals surface area contributed by atoms with Crippen molar-refractivity contribution in [2.24, 2.45) is 0 Å². The fourth-order valence-corrected chi connectivity index (χ4v) is 3.38. The van der Waals surface area contributed by atoms with Gasteiger partial charge in [0.05, 0.1) is 13.0 Å². The van der Waals surface area contributed by atoms with Gasteiger partial charge in [0.25, 0.3) is 5.91 Å². The van der Waals surface area contributed by atoms with Gasteiger partial charge in [-0.1, -0.05) is 13.0 Å². The van der Waals surface area contributed by atoms with E-state index >= 15 is 0 Å². The first-order valence-corrected chi connectivity index (χ1v) is 8.55. The standard InChI is InChI=1S/C16H22N2O3S/c1-4-11(2)17-15(19)14-9-22-10-18(14)16(20)12-6-5-7-13(8-12)21-3/h5-8,11,14H,4,9-10H2,1-3H3,(H,17,19)/t11-,14+/m1/s1. The number of nitrogens with one attached hydrogen (secondary N) is 1. The molecule has 1 saturated heterocycles. The zero-order chi connectivity index (χ0) is 16.1. The van der Waals surface area contributed by atoms with Gasteiger partial charge < -0.3 is 15.0 Å². The third-order valence-electron chi connectivity index (χ3n) is 3.76. The van der Waals surface area contributed by atoms with Crippen molar-refractivity contribution in [1.29, 1.82) is 0 Å². The van der Waals surface area contributed by atoms with Gasteiger partial charge in [-0.3, -0.25) is 9.59 Å². The highest BCUT2D eigenvalue weighted by Gasteiger charge is 2.35. The number of carbonyl (C=O) groups is 2. The Kier molecular flexibility index (Phi) is 5.71. The van der Waals surface area contributed by atoms with Gasteiger partial charge in [-0.05, 0) is 31.5 Å². The largest absolute Gasteiger partial charge is 0.497 e. The molecule has 2 atom stereocenters. The van der Waals surface area contributed by atoms with E-state index in [0.29, 0.717) is 22.9 Å². The number of carbonyl (C=O) groups excluding carboxylic acids is 2. The molecule has 0 spiro atoms. The van der Waals surface area contributed by atoms with Gasteiger partial charge in [0.1, 0.15) is 11.8 Å². The fourth-order valence-electron chi connectivity index (χ4n) is 2.22. The first kappa shape index (κ1) is 16.7. The quantitative estimate of drug-likeness (QED) is 0.902. The number of benzene rings is 1. The summed E-state index contributed by atoms with van der Waals surface area (Å²) in [5.74, 6) is 1.61. The van der Waals surface area contributed by atoms with Crippen LogP contribution in [0.5, 0.6) is 5.75 Å². The second-order valence-electron chi connectivity index (χ2n) is 5.34. The Morgan fingerprint density at radius 3 is 2.95 bits per heavy atom. The van der Waals surface area contributed by atoms with Gasteiger partial charge in [-0.15, -0.1) is 11.8 Å². The average molecular weight is 322 g/mol. The minimum absolute atomic E-state index is 0.0735. The normalized spacial score (nSPS) is 18.9. The van der Waals surface area contributed by atoms with Gasteiger partial charge in [0, 0.05) is 17.4 Å². The van der Waals surface area contributed by atoms with Crippen molar-refractivity contribution in [2.75, 3.05) is 18.7 Å². The topological polar surface area (TPSA) is 58.6 Å². The average Bonchev–Trinajstić information content (AvgIpc) is 3.03. The predicted octanol–water partition coefficient (Wildman–Crippen LogP) is 2.12. The maximum Gasteiger partial charge on any atom is 0.255 e. The minimum Gasteiger partial charge on any atom is -0.497 e. The van der Waals surface area contributed by atoms with Crippen LogP contribution in [-0.2, 0) is 4.79 Å². The van der Waals surface area contributed by atoms with Crippen molar-refractivity contribution in [3.63, 3.8) is 0 Å². The Balaban J connectivity index is 2.12. The molecule has 1 aliphatic rings. The molecule has 1 N–H and O–H groups in total. The number of hydrogen-bond acceptors (Lipinski definition) is 4. The molecular formula is C16H22N2O3S. The van der Waals surface area contributed by atoms with Gasteiger partial charge >= 0.3 is 0 Å². The maximum atomic E-state index is 12.7. The number of hydrogen-bond donors (Lipinski definition) is 1. The van der Waals surface area contributed by atoms with Crippen molar-refractivity contribution in [2.45, 2.75) is 32.4 Å². The van der Waals surface area contributed by atoms with E-state index in [4.69, 9.17) is 4.74 Å². The molecule has 0 aromatic heterocycles. The SMILES string of the molecule is CC[C@@H](C)NC(=O)[C@@H]1CSCN1C(=O)c1cccc(OC)c1. The van der Waals surface area contributed by atoms with Crippen molar-refractivity contribution in [3.05, 3.63) is 29.8 Å². The van der Waals surface area contributed by atoms with Gasteiger partial charge in [0.15, 0.2) is 0 Å². The summed E-state index contributed by atoms with van der Waals surface area (Å²) in [6.45, 7) is 3.99. The van der Waals surface area contributed by atoms with Gasteiger partial charge in [-0.25, -0.2) is 0 Å². The van der Waals surface area contributed by atoms with Crippen LogP contribution in [-0.4, -0.2) is 47.5 Å². The summed E-state index contributed by atoms with van der Waals surface area (Å²) < 4.78 is 5.15. The molecule has 6 heteroatoms. The van der Waals surface area contributed by atoms with Crippen LogP contribution < -0.4 is 10.1 Å². The molecule has 0 bridgehead atoms. The summed E-state index contributed by atoms with van der Waals surface area (Å²) in [5, 5.41) is 2.96. The third-order valence-corrected chi connectivity index (χ3v) is 4.78. The lowest BCUT2D eigenvalue weighted by Crippen LogP contribution is -2.49. The molecule has 5 nitrogen and oxygen atoms in total. The fraction of sp³-hybridized carbons (Fsp3) is 0.500. The summed E-state index contributed by atoms with van der Waals surface area (Å²) in [6, 6.07) is 6.74. The summed E-state index contributed by atoms with van der Waals surface area (Å²) in [4.78, 5) is 26.6. The monoisotopic (exact) mass is 322 g/mol. The maximum absolute atomic E-state index is 12.7. The lowest BCUT2D eigenvalue weighted by molar-refractivity contribution is -0.125. The van der Waals surface area contributed by atoms with E-state index in [9.17, 15) is 9.59 Å². The predicted molar refractivity (Wildman–Crippen MR) is 88.2 cm³/mol. The minimum atomic E-state index is -0.405. The number of amides is 2. The second kappa shape index (κ2) is 7.54. The summed E-state index contributed by atoms with van der Waals surface area (Å²) in [5.41, 5.74) is 0.545. The molecule has 1 heterocycles. The first-order chi connectivity index (χ1) is 10.6. The van der Waals surface area contributed by atoms with E-state index in [2.05, 4.69) is 5.32 Å². The molecule has 2 rings (SSSR count). The van der Waals surface area contributed by atoms with Crippen molar-refractivity contribution < 1.29 is 14.3 Å². The molecular weight excluding hydrogens is 300 g/mol. The number of thioether (sulfide) groups is 1. The zero-order valence-electron chi connectivity index (χ0n) is 13.2. The summed E-state index contributed by atoms with van der Waals surface area (Å²) >= 11 is 1.60. The highest BCUT2D eigenvalue weighted by atomic mass is 32.2. The molecule has 22 heavy (non-hydrogen) atoms. The van der Waals surface area contributed by atoms with Crippen LogP contribution in [0, 0.1) is 0 Å². The van der Waals surface area contributed by atoms with E-state index in [1.807, 2.05) is 13.8 Å². The summed E-state index contributed by atoms with van der Waals surface area (Å²) in [6.07, 6.45) is 0.870. The van der Waals surface area contributed by atoms with E-state index in [1.165, 1.54) is 0 Å². The Hall–Kier alpha value is -1.69. The Morgan fingerprint density at radius 1 is 1.50 bits per heavy atom. The van der Waals surface area contributed by atoms with Gasteiger partial charge in [0.2, 0.25) is 5.91 Å².